The van der Waals surface area contributed by atoms with Crippen molar-refractivity contribution in [2.24, 2.45) is 0 Å². The number of aromatic amines is 1. The molecule has 0 aliphatic heterocycles. The van der Waals surface area contributed by atoms with Gasteiger partial charge in [-0.1, -0.05) is 28.1 Å². The van der Waals surface area contributed by atoms with E-state index in [1.165, 1.54) is 0 Å². The van der Waals surface area contributed by atoms with Gasteiger partial charge in [-0.2, -0.15) is 0 Å². The first-order valence-corrected chi connectivity index (χ1v) is 4.41. The number of halogens is 1. The molecule has 2 aromatic rings. The number of nitrogens with one attached hydrogen (secondary N) is 1. The minimum Gasteiger partial charge on any atom is -0.345 e. The van der Waals surface area contributed by atoms with Gasteiger partial charge < -0.3 is 4.98 Å². The van der Waals surface area contributed by atoms with E-state index in [-0.39, 0.29) is 0 Å². The Morgan fingerprint density at radius 3 is 2.92 bits per heavy atom. The third-order valence-electron chi connectivity index (χ3n) is 1.60. The van der Waals surface area contributed by atoms with Gasteiger partial charge in [-0.15, -0.1) is 0 Å². The Kier molecular flexibility index (Phi) is 1.96. The van der Waals surface area contributed by atoms with Gasteiger partial charge in [0.2, 0.25) is 0 Å². The fourth-order valence-electron chi connectivity index (χ4n) is 1.06. The van der Waals surface area contributed by atoms with Crippen LogP contribution in [0.5, 0.6) is 0 Å². The zero-order chi connectivity index (χ0) is 8.39. The van der Waals surface area contributed by atoms with E-state index in [4.69, 9.17) is 0 Å². The highest BCUT2D eigenvalue weighted by Crippen LogP contribution is 2.18. The van der Waals surface area contributed by atoms with Crippen molar-refractivity contribution in [3.05, 3.63) is 41.1 Å². The van der Waals surface area contributed by atoms with Crippen LogP contribution in [0.3, 0.4) is 0 Å². The molecule has 0 fully saturated rings. The van der Waals surface area contributed by atoms with Gasteiger partial charge in [0, 0.05) is 22.4 Å². The zero-order valence-electron chi connectivity index (χ0n) is 6.29. The molecular formula is C9H7BrN2. The third kappa shape index (κ3) is 1.41. The monoisotopic (exact) mass is 222 g/mol. The van der Waals surface area contributed by atoms with Crippen LogP contribution < -0.4 is 0 Å². The van der Waals surface area contributed by atoms with E-state index in [1.54, 1.807) is 6.20 Å². The molecule has 1 aromatic heterocycles. The van der Waals surface area contributed by atoms with Gasteiger partial charge in [0.15, 0.2) is 0 Å². The van der Waals surface area contributed by atoms with E-state index in [9.17, 15) is 0 Å². The summed E-state index contributed by atoms with van der Waals surface area (Å²) in [6, 6.07) is 8.02. The molecule has 1 heterocycles. The second-order valence-electron chi connectivity index (χ2n) is 2.45. The van der Waals surface area contributed by atoms with Gasteiger partial charge in [0.25, 0.3) is 0 Å². The van der Waals surface area contributed by atoms with Gasteiger partial charge in [0.1, 0.15) is 5.82 Å². The molecule has 0 amide bonds. The Bertz CT molecular complexity index is 368. The van der Waals surface area contributed by atoms with Crippen LogP contribution in [0.4, 0.5) is 0 Å². The fourth-order valence-corrected chi connectivity index (χ4v) is 1.46. The van der Waals surface area contributed by atoms with Crippen molar-refractivity contribution >= 4 is 15.9 Å². The van der Waals surface area contributed by atoms with Gasteiger partial charge in [-0.3, -0.25) is 0 Å². The van der Waals surface area contributed by atoms with Crippen LogP contribution in [0.2, 0.25) is 0 Å². The first kappa shape index (κ1) is 7.55. The smallest absolute Gasteiger partial charge is 0.137 e. The zero-order valence-corrected chi connectivity index (χ0v) is 7.88. The molecule has 2 nitrogen and oxygen atoms in total. The summed E-state index contributed by atoms with van der Waals surface area (Å²) in [5.41, 5.74) is 1.09. The van der Waals surface area contributed by atoms with E-state index in [0.717, 1.165) is 15.9 Å². The Morgan fingerprint density at radius 2 is 2.25 bits per heavy atom. The summed E-state index contributed by atoms with van der Waals surface area (Å²) in [7, 11) is 0. The summed E-state index contributed by atoms with van der Waals surface area (Å²) >= 11 is 3.41. The van der Waals surface area contributed by atoms with Crippen molar-refractivity contribution in [2.75, 3.05) is 0 Å². The number of rotatable bonds is 1. The molecule has 0 saturated heterocycles. The Balaban J connectivity index is 2.48. The van der Waals surface area contributed by atoms with Gasteiger partial charge in [-0.25, -0.2) is 4.98 Å². The number of imidazole rings is 1. The van der Waals surface area contributed by atoms with E-state index in [0.29, 0.717) is 0 Å². The number of benzene rings is 1. The van der Waals surface area contributed by atoms with Crippen molar-refractivity contribution in [3.63, 3.8) is 0 Å². The first-order chi connectivity index (χ1) is 5.86. The Morgan fingerprint density at radius 1 is 1.33 bits per heavy atom. The van der Waals surface area contributed by atoms with Crippen molar-refractivity contribution in [1.82, 2.24) is 9.97 Å². The number of nitrogens with zero attached hydrogens (tertiary/aromatic N) is 1. The molecule has 0 unspecified atom stereocenters. The second kappa shape index (κ2) is 3.11. The lowest BCUT2D eigenvalue weighted by atomic mass is 10.2. The van der Waals surface area contributed by atoms with Crippen LogP contribution in [0.25, 0.3) is 11.4 Å². The predicted molar refractivity (Wildman–Crippen MR) is 51.7 cm³/mol. The van der Waals surface area contributed by atoms with Crippen LogP contribution in [-0.4, -0.2) is 9.97 Å². The standard InChI is InChI=1S/C9H7BrN2/c10-8-3-1-2-7(6-8)9-11-4-5-12-9/h1-6H,(H,11,12). The van der Waals surface area contributed by atoms with E-state index in [1.807, 2.05) is 30.5 Å². The number of hydrogen-bond donors (Lipinski definition) is 1. The van der Waals surface area contributed by atoms with E-state index < -0.39 is 0 Å². The third-order valence-corrected chi connectivity index (χ3v) is 2.09. The summed E-state index contributed by atoms with van der Waals surface area (Å²) in [4.78, 5) is 7.20. The number of hydrogen-bond acceptors (Lipinski definition) is 1. The molecule has 0 saturated carbocycles. The average molecular weight is 223 g/mol. The van der Waals surface area contributed by atoms with Crippen molar-refractivity contribution in [2.45, 2.75) is 0 Å². The lowest BCUT2D eigenvalue weighted by molar-refractivity contribution is 1.31. The first-order valence-electron chi connectivity index (χ1n) is 3.61. The maximum atomic E-state index is 4.15. The summed E-state index contributed by atoms with van der Waals surface area (Å²) in [5, 5.41) is 0. The maximum Gasteiger partial charge on any atom is 0.137 e. The van der Waals surface area contributed by atoms with Crippen LogP contribution in [0.1, 0.15) is 0 Å². The number of H-pyrrole nitrogens is 1. The maximum absolute atomic E-state index is 4.15. The normalized spacial score (nSPS) is 10.1. The Hall–Kier alpha value is -1.09. The molecule has 2 rings (SSSR count). The topological polar surface area (TPSA) is 28.7 Å². The highest BCUT2D eigenvalue weighted by molar-refractivity contribution is 9.10. The molecule has 1 N–H and O–H groups in total. The molecule has 0 aliphatic carbocycles. The highest BCUT2D eigenvalue weighted by atomic mass is 79.9. The van der Waals surface area contributed by atoms with Crippen molar-refractivity contribution in [3.8, 4) is 11.4 Å². The molecule has 0 bridgehead atoms. The van der Waals surface area contributed by atoms with E-state index in [2.05, 4.69) is 25.9 Å². The molecule has 1 aromatic carbocycles. The summed E-state index contributed by atoms with van der Waals surface area (Å²) in [6.07, 6.45) is 3.56. The molecule has 60 valence electrons. The minimum absolute atomic E-state index is 0.899. The van der Waals surface area contributed by atoms with Gasteiger partial charge >= 0.3 is 0 Å². The largest absolute Gasteiger partial charge is 0.345 e. The lowest BCUT2D eigenvalue weighted by Crippen LogP contribution is -1.78. The quantitative estimate of drug-likeness (QED) is 0.791. The highest BCUT2D eigenvalue weighted by Gasteiger charge is 1.98. The van der Waals surface area contributed by atoms with E-state index >= 15 is 0 Å². The average Bonchev–Trinajstić information content (AvgIpc) is 2.56. The number of aromatic nitrogens is 2. The van der Waals surface area contributed by atoms with Crippen LogP contribution in [-0.2, 0) is 0 Å². The van der Waals surface area contributed by atoms with Gasteiger partial charge in [-0.05, 0) is 12.1 Å². The van der Waals surface area contributed by atoms with Crippen molar-refractivity contribution in [1.29, 1.82) is 0 Å². The lowest BCUT2D eigenvalue weighted by Gasteiger charge is -1.95. The summed E-state index contributed by atoms with van der Waals surface area (Å²) in [6.45, 7) is 0. The van der Waals surface area contributed by atoms with Gasteiger partial charge in [0.05, 0.1) is 0 Å². The molecule has 12 heavy (non-hydrogen) atoms. The summed E-state index contributed by atoms with van der Waals surface area (Å²) in [5.74, 6) is 0.899. The van der Waals surface area contributed by atoms with Crippen LogP contribution in [0.15, 0.2) is 41.1 Å². The van der Waals surface area contributed by atoms with Crippen LogP contribution >= 0.6 is 15.9 Å². The fraction of sp³-hybridized carbons (Fsp3) is 0. The summed E-state index contributed by atoms with van der Waals surface area (Å²) < 4.78 is 1.07. The van der Waals surface area contributed by atoms with Crippen molar-refractivity contribution < 1.29 is 0 Å². The SMILES string of the molecule is Brc1cccc(-c2ncc[nH]2)c1. The Labute approximate surface area is 78.8 Å². The van der Waals surface area contributed by atoms with Crippen LogP contribution in [0, 0.1) is 0 Å². The molecule has 0 spiro atoms. The minimum atomic E-state index is 0.899. The second-order valence-corrected chi connectivity index (χ2v) is 3.36. The molecule has 0 atom stereocenters. The molecule has 0 radical (unpaired) electrons. The predicted octanol–water partition coefficient (Wildman–Crippen LogP) is 2.84. The molecule has 0 aliphatic rings. The molecule has 3 heteroatoms. The molecular weight excluding hydrogens is 216 g/mol.